The summed E-state index contributed by atoms with van der Waals surface area (Å²) in [6, 6.07) is 24.6. The number of hydrogen-bond donors (Lipinski definition) is 0. The van der Waals surface area contributed by atoms with Gasteiger partial charge in [-0.1, -0.05) is 73.3 Å². The van der Waals surface area contributed by atoms with Crippen LogP contribution in [-0.4, -0.2) is 4.98 Å². The van der Waals surface area contributed by atoms with E-state index in [1.807, 2.05) is 55.5 Å². The van der Waals surface area contributed by atoms with Gasteiger partial charge < -0.3 is 0 Å². The molecular formula is C22H19N. The number of rotatable bonds is 3. The van der Waals surface area contributed by atoms with Gasteiger partial charge in [0.05, 0.1) is 11.4 Å². The third-order valence-electron chi connectivity index (χ3n) is 3.78. The molecule has 3 rings (SSSR count). The van der Waals surface area contributed by atoms with Crippen LogP contribution < -0.4 is 10.4 Å². The van der Waals surface area contributed by atoms with E-state index in [4.69, 9.17) is 4.98 Å². The Labute approximate surface area is 137 Å². The topological polar surface area (TPSA) is 12.9 Å². The quantitative estimate of drug-likeness (QED) is 0.711. The number of nitrogens with zero attached hydrogens (tertiary/aromatic N) is 1. The molecule has 1 nitrogen and oxygen atoms in total. The fourth-order valence-corrected chi connectivity index (χ4v) is 2.55. The lowest BCUT2D eigenvalue weighted by Crippen LogP contribution is -2.23. The number of hydrogen-bond acceptors (Lipinski definition) is 1. The van der Waals surface area contributed by atoms with Crippen molar-refractivity contribution in [2.24, 2.45) is 0 Å². The lowest BCUT2D eigenvalue weighted by molar-refractivity contribution is 1.29. The average Bonchev–Trinajstić information content (AvgIpc) is 2.63. The van der Waals surface area contributed by atoms with Crippen molar-refractivity contribution in [3.63, 3.8) is 0 Å². The highest BCUT2D eigenvalue weighted by atomic mass is 14.7. The molecule has 112 valence electrons. The van der Waals surface area contributed by atoms with Gasteiger partial charge in [0.2, 0.25) is 0 Å². The molecule has 0 aliphatic rings. The van der Waals surface area contributed by atoms with Crippen molar-refractivity contribution in [3.05, 3.63) is 95.5 Å². The van der Waals surface area contributed by atoms with Crippen LogP contribution in [0.3, 0.4) is 0 Å². The van der Waals surface area contributed by atoms with E-state index >= 15 is 0 Å². The molecule has 0 saturated carbocycles. The standard InChI is InChI=1S/C22H19N/c1-3-18-10-7-8-13-20(18)16-17(2)21-14-9-15-22(23-21)19-11-5-4-6-12-19/h3-16H,2H2,1H3/b18-3-,20-16-. The summed E-state index contributed by atoms with van der Waals surface area (Å²) in [7, 11) is 0. The fraction of sp³-hybridized carbons (Fsp3) is 0.0455. The van der Waals surface area contributed by atoms with Crippen molar-refractivity contribution < 1.29 is 0 Å². The van der Waals surface area contributed by atoms with E-state index < -0.39 is 0 Å². The van der Waals surface area contributed by atoms with Crippen LogP contribution in [0.2, 0.25) is 0 Å². The minimum Gasteiger partial charge on any atom is -0.248 e. The SMILES string of the molecule is C=C(/C=c1/cccc/c1=C/C)c1cccc(-c2ccccc2)n1. The molecule has 0 spiro atoms. The number of benzene rings is 2. The molecule has 23 heavy (non-hydrogen) atoms. The van der Waals surface area contributed by atoms with E-state index in [0.717, 1.165) is 27.7 Å². The predicted molar refractivity (Wildman–Crippen MR) is 99.0 cm³/mol. The predicted octanol–water partition coefficient (Wildman–Crippen LogP) is 4.04. The Morgan fingerprint density at radius 2 is 1.52 bits per heavy atom. The molecule has 0 saturated heterocycles. The molecule has 0 aliphatic carbocycles. The highest BCUT2D eigenvalue weighted by Crippen LogP contribution is 2.19. The van der Waals surface area contributed by atoms with Crippen molar-refractivity contribution >= 4 is 17.7 Å². The average molecular weight is 297 g/mol. The summed E-state index contributed by atoms with van der Waals surface area (Å²) in [5, 5.41) is 2.36. The molecule has 2 aromatic carbocycles. The first-order chi connectivity index (χ1) is 11.3. The van der Waals surface area contributed by atoms with Gasteiger partial charge in [-0.2, -0.15) is 0 Å². The van der Waals surface area contributed by atoms with Gasteiger partial charge in [0, 0.05) is 5.56 Å². The lowest BCUT2D eigenvalue weighted by atomic mass is 10.1. The third kappa shape index (κ3) is 3.46. The van der Waals surface area contributed by atoms with Crippen molar-refractivity contribution in [1.82, 2.24) is 4.98 Å². The minimum atomic E-state index is 0.900. The molecule has 1 heteroatoms. The zero-order valence-electron chi connectivity index (χ0n) is 13.2. The summed E-state index contributed by atoms with van der Waals surface area (Å²) in [6.07, 6.45) is 4.19. The molecule has 0 unspecified atom stereocenters. The first-order valence-electron chi connectivity index (χ1n) is 7.73. The van der Waals surface area contributed by atoms with E-state index in [0.29, 0.717) is 0 Å². The molecule has 0 bridgehead atoms. The maximum absolute atomic E-state index is 4.75. The summed E-state index contributed by atoms with van der Waals surface area (Å²) < 4.78 is 0. The van der Waals surface area contributed by atoms with Crippen LogP contribution in [0.25, 0.3) is 29.0 Å². The lowest BCUT2D eigenvalue weighted by Gasteiger charge is -2.05. The Morgan fingerprint density at radius 1 is 0.826 bits per heavy atom. The van der Waals surface area contributed by atoms with Gasteiger partial charge in [0.15, 0.2) is 0 Å². The molecule has 1 aromatic heterocycles. The van der Waals surface area contributed by atoms with E-state index in [-0.39, 0.29) is 0 Å². The molecule has 0 aliphatic heterocycles. The number of aromatic nitrogens is 1. The van der Waals surface area contributed by atoms with Crippen LogP contribution >= 0.6 is 0 Å². The van der Waals surface area contributed by atoms with E-state index in [9.17, 15) is 0 Å². The first kappa shape index (κ1) is 15.0. The zero-order valence-corrected chi connectivity index (χ0v) is 13.2. The van der Waals surface area contributed by atoms with Crippen LogP contribution in [0.4, 0.5) is 0 Å². The summed E-state index contributed by atoms with van der Waals surface area (Å²) in [6.45, 7) is 6.24. The Hall–Kier alpha value is -2.93. The Morgan fingerprint density at radius 3 is 2.26 bits per heavy atom. The maximum Gasteiger partial charge on any atom is 0.0709 e. The normalized spacial score (nSPS) is 12.4. The molecular weight excluding hydrogens is 278 g/mol. The van der Waals surface area contributed by atoms with Gasteiger partial charge in [0.1, 0.15) is 0 Å². The molecule has 3 aromatic rings. The van der Waals surface area contributed by atoms with Gasteiger partial charge in [-0.3, -0.25) is 0 Å². The Bertz CT molecular complexity index is 937. The van der Waals surface area contributed by atoms with E-state index in [1.54, 1.807) is 0 Å². The Balaban J connectivity index is 2.01. The second kappa shape index (κ2) is 6.89. The summed E-state index contributed by atoms with van der Waals surface area (Å²) >= 11 is 0. The van der Waals surface area contributed by atoms with Gasteiger partial charge in [-0.25, -0.2) is 4.98 Å². The minimum absolute atomic E-state index is 0.900. The highest BCUT2D eigenvalue weighted by molar-refractivity contribution is 5.85. The van der Waals surface area contributed by atoms with Crippen LogP contribution in [0.15, 0.2) is 79.4 Å². The summed E-state index contributed by atoms with van der Waals surface area (Å²) in [4.78, 5) is 4.75. The maximum atomic E-state index is 4.75. The molecule has 0 atom stereocenters. The fourth-order valence-electron chi connectivity index (χ4n) is 2.55. The van der Waals surface area contributed by atoms with Crippen molar-refractivity contribution in [2.45, 2.75) is 6.92 Å². The summed E-state index contributed by atoms with van der Waals surface area (Å²) in [5.74, 6) is 0. The van der Waals surface area contributed by atoms with Gasteiger partial charge in [-0.15, -0.1) is 0 Å². The van der Waals surface area contributed by atoms with Gasteiger partial charge in [-0.05, 0) is 41.1 Å². The zero-order chi connectivity index (χ0) is 16.1. The van der Waals surface area contributed by atoms with Crippen molar-refractivity contribution in [3.8, 4) is 11.3 Å². The summed E-state index contributed by atoms with van der Waals surface area (Å²) in [5.41, 5.74) is 3.90. The monoisotopic (exact) mass is 297 g/mol. The Kier molecular flexibility index (Phi) is 4.49. The third-order valence-corrected chi connectivity index (χ3v) is 3.78. The van der Waals surface area contributed by atoms with Crippen LogP contribution in [-0.2, 0) is 0 Å². The van der Waals surface area contributed by atoms with Crippen LogP contribution in [0, 0.1) is 0 Å². The smallest absolute Gasteiger partial charge is 0.0709 e. The number of allylic oxidation sites excluding steroid dienone is 1. The molecule has 0 radical (unpaired) electrons. The first-order valence-corrected chi connectivity index (χ1v) is 7.73. The molecule has 1 heterocycles. The highest BCUT2D eigenvalue weighted by Gasteiger charge is 2.02. The van der Waals surface area contributed by atoms with Gasteiger partial charge >= 0.3 is 0 Å². The van der Waals surface area contributed by atoms with Crippen LogP contribution in [0.1, 0.15) is 12.6 Å². The van der Waals surface area contributed by atoms with Gasteiger partial charge in [0.25, 0.3) is 0 Å². The molecule has 0 amide bonds. The second-order valence-corrected chi connectivity index (χ2v) is 5.36. The molecule has 0 fully saturated rings. The van der Waals surface area contributed by atoms with Crippen molar-refractivity contribution in [2.75, 3.05) is 0 Å². The second-order valence-electron chi connectivity index (χ2n) is 5.36. The van der Waals surface area contributed by atoms with Crippen molar-refractivity contribution in [1.29, 1.82) is 0 Å². The van der Waals surface area contributed by atoms with E-state index in [2.05, 4.69) is 43.0 Å². The van der Waals surface area contributed by atoms with Crippen LogP contribution in [0.5, 0.6) is 0 Å². The van der Waals surface area contributed by atoms with E-state index in [1.165, 1.54) is 5.22 Å². The number of pyridine rings is 1. The molecule has 0 N–H and O–H groups in total. The largest absolute Gasteiger partial charge is 0.248 e.